The van der Waals surface area contributed by atoms with Gasteiger partial charge in [0.2, 0.25) is 5.91 Å². The quantitative estimate of drug-likeness (QED) is 0.708. The van der Waals surface area contributed by atoms with Crippen LogP contribution in [-0.2, 0) is 9.59 Å². The molecule has 0 fully saturated rings. The van der Waals surface area contributed by atoms with E-state index in [1.54, 1.807) is 6.08 Å². The topological polar surface area (TPSA) is 57.6 Å². The van der Waals surface area contributed by atoms with Crippen LogP contribution < -0.4 is 0 Å². The molecule has 15 heavy (non-hydrogen) atoms. The molecule has 0 bridgehead atoms. The van der Waals surface area contributed by atoms with Crippen molar-refractivity contribution < 1.29 is 14.7 Å². The third-order valence-electron chi connectivity index (χ3n) is 2.26. The number of hydrogen-bond donors (Lipinski definition) is 1. The first-order valence-electron chi connectivity index (χ1n) is 4.93. The van der Waals surface area contributed by atoms with Crippen LogP contribution in [0.4, 0.5) is 0 Å². The number of rotatable bonds is 4. The second-order valence-electron chi connectivity index (χ2n) is 3.59. The van der Waals surface area contributed by atoms with Crippen molar-refractivity contribution in [3.05, 3.63) is 23.8 Å². The molecule has 0 aromatic heterocycles. The maximum absolute atomic E-state index is 11.4. The van der Waals surface area contributed by atoms with Crippen molar-refractivity contribution in [3.8, 4) is 0 Å². The molecule has 0 radical (unpaired) electrons. The minimum absolute atomic E-state index is 0.262. The highest BCUT2D eigenvalue weighted by molar-refractivity contribution is 5.90. The molecule has 1 aliphatic rings. The van der Waals surface area contributed by atoms with Gasteiger partial charge in [-0.25, -0.2) is 0 Å². The molecular weight excluding hydrogens is 194 g/mol. The Morgan fingerprint density at radius 1 is 1.60 bits per heavy atom. The van der Waals surface area contributed by atoms with Crippen molar-refractivity contribution in [1.82, 2.24) is 4.90 Å². The number of carboxylic acid groups (broad SMARTS) is 1. The Balaban J connectivity index is 2.43. The molecule has 0 saturated carbocycles. The lowest BCUT2D eigenvalue weighted by Crippen LogP contribution is -2.30. The van der Waals surface area contributed by atoms with E-state index >= 15 is 0 Å². The molecule has 1 amide bonds. The van der Waals surface area contributed by atoms with Gasteiger partial charge >= 0.3 is 5.97 Å². The molecule has 0 heterocycles. The third kappa shape index (κ3) is 3.97. The summed E-state index contributed by atoms with van der Waals surface area (Å²) < 4.78 is 0. The van der Waals surface area contributed by atoms with Crippen molar-refractivity contribution in [2.24, 2.45) is 0 Å². The van der Waals surface area contributed by atoms with Crippen LogP contribution in [-0.4, -0.2) is 35.5 Å². The fourth-order valence-electron chi connectivity index (χ4n) is 1.43. The first-order valence-corrected chi connectivity index (χ1v) is 4.93. The van der Waals surface area contributed by atoms with Gasteiger partial charge in [0.25, 0.3) is 0 Å². The van der Waals surface area contributed by atoms with Gasteiger partial charge in [-0.2, -0.15) is 0 Å². The van der Waals surface area contributed by atoms with E-state index in [-0.39, 0.29) is 12.5 Å². The van der Waals surface area contributed by atoms with Crippen molar-refractivity contribution in [2.45, 2.75) is 19.3 Å². The number of likely N-dealkylation sites (N-methyl/N-ethyl adjacent to an activating group) is 1. The fourth-order valence-corrected chi connectivity index (χ4v) is 1.43. The van der Waals surface area contributed by atoms with Crippen LogP contribution in [0.5, 0.6) is 0 Å². The number of hydrogen-bond acceptors (Lipinski definition) is 2. The third-order valence-corrected chi connectivity index (χ3v) is 2.26. The molecule has 0 aliphatic heterocycles. The van der Waals surface area contributed by atoms with E-state index in [1.165, 1.54) is 18.0 Å². The van der Waals surface area contributed by atoms with Crippen molar-refractivity contribution >= 4 is 11.9 Å². The summed E-state index contributed by atoms with van der Waals surface area (Å²) in [5.74, 6) is -1.27. The summed E-state index contributed by atoms with van der Waals surface area (Å²) in [6.45, 7) is -0.262. The number of aliphatic carboxylic acids is 1. The summed E-state index contributed by atoms with van der Waals surface area (Å²) in [4.78, 5) is 22.9. The Morgan fingerprint density at radius 2 is 2.33 bits per heavy atom. The Hall–Kier alpha value is -1.58. The first kappa shape index (κ1) is 11.5. The van der Waals surface area contributed by atoms with Gasteiger partial charge in [0.1, 0.15) is 6.54 Å². The van der Waals surface area contributed by atoms with Crippen LogP contribution >= 0.6 is 0 Å². The number of carbonyl (C=O) groups is 2. The number of carboxylic acids is 1. The lowest BCUT2D eigenvalue weighted by Gasteiger charge is -2.11. The predicted molar refractivity (Wildman–Crippen MR) is 56.3 cm³/mol. The van der Waals surface area contributed by atoms with Gasteiger partial charge in [-0.15, -0.1) is 0 Å². The van der Waals surface area contributed by atoms with E-state index in [1.807, 2.05) is 0 Å². The molecule has 0 aromatic rings. The van der Waals surface area contributed by atoms with Gasteiger partial charge in [-0.3, -0.25) is 9.59 Å². The standard InChI is InChI=1S/C11H15NO3/c1-12(8-11(14)15)10(13)7-6-9-4-2-3-5-9/h4,6-7H,2-3,5,8H2,1H3,(H,14,15)/b7-6+. The largest absolute Gasteiger partial charge is 0.480 e. The van der Waals surface area contributed by atoms with Crippen molar-refractivity contribution in [3.63, 3.8) is 0 Å². The Labute approximate surface area is 88.9 Å². The van der Waals surface area contributed by atoms with Gasteiger partial charge in [-0.1, -0.05) is 17.7 Å². The molecule has 0 aromatic carbocycles. The van der Waals surface area contributed by atoms with E-state index in [0.717, 1.165) is 24.8 Å². The molecule has 1 rings (SSSR count). The predicted octanol–water partition coefficient (Wildman–Crippen LogP) is 1.20. The molecule has 82 valence electrons. The summed E-state index contributed by atoms with van der Waals surface area (Å²) in [6, 6.07) is 0. The summed E-state index contributed by atoms with van der Waals surface area (Å²) in [5, 5.41) is 8.48. The molecule has 1 aliphatic carbocycles. The lowest BCUT2D eigenvalue weighted by atomic mass is 10.2. The fraction of sp³-hybridized carbons (Fsp3) is 0.455. The van der Waals surface area contributed by atoms with E-state index in [2.05, 4.69) is 6.08 Å². The number of nitrogens with zero attached hydrogens (tertiary/aromatic N) is 1. The van der Waals surface area contributed by atoms with E-state index in [4.69, 9.17) is 5.11 Å². The smallest absolute Gasteiger partial charge is 0.323 e. The molecule has 1 N–H and O–H groups in total. The average molecular weight is 209 g/mol. The molecule has 4 heteroatoms. The summed E-state index contributed by atoms with van der Waals surface area (Å²) in [7, 11) is 1.48. The van der Waals surface area contributed by atoms with Gasteiger partial charge in [0.05, 0.1) is 0 Å². The van der Waals surface area contributed by atoms with Crippen LogP contribution in [0, 0.1) is 0 Å². The van der Waals surface area contributed by atoms with Crippen LogP contribution in [0.3, 0.4) is 0 Å². The Bertz CT molecular complexity index is 318. The van der Waals surface area contributed by atoms with Crippen molar-refractivity contribution in [1.29, 1.82) is 0 Å². The second-order valence-corrected chi connectivity index (χ2v) is 3.59. The maximum atomic E-state index is 11.4. The maximum Gasteiger partial charge on any atom is 0.323 e. The summed E-state index contributed by atoms with van der Waals surface area (Å²) in [6.07, 6.45) is 8.51. The van der Waals surface area contributed by atoms with Crippen LogP contribution in [0.15, 0.2) is 23.8 Å². The van der Waals surface area contributed by atoms with E-state index in [9.17, 15) is 9.59 Å². The highest BCUT2D eigenvalue weighted by Gasteiger charge is 2.09. The zero-order valence-electron chi connectivity index (χ0n) is 8.77. The van der Waals surface area contributed by atoms with Gasteiger partial charge in [0.15, 0.2) is 0 Å². The monoisotopic (exact) mass is 209 g/mol. The molecular formula is C11H15NO3. The molecule has 0 spiro atoms. The van der Waals surface area contributed by atoms with Gasteiger partial charge < -0.3 is 10.0 Å². The van der Waals surface area contributed by atoms with Gasteiger partial charge in [-0.05, 0) is 19.3 Å². The molecule has 0 saturated heterocycles. The zero-order chi connectivity index (χ0) is 11.3. The zero-order valence-corrected chi connectivity index (χ0v) is 8.77. The first-order chi connectivity index (χ1) is 7.09. The van der Waals surface area contributed by atoms with E-state index in [0.29, 0.717) is 0 Å². The second kappa shape index (κ2) is 5.34. The van der Waals surface area contributed by atoms with Crippen molar-refractivity contribution in [2.75, 3.05) is 13.6 Å². The summed E-state index contributed by atoms with van der Waals surface area (Å²) in [5.41, 5.74) is 1.16. The molecule has 0 atom stereocenters. The highest BCUT2D eigenvalue weighted by Crippen LogP contribution is 2.18. The number of allylic oxidation sites excluding steroid dienone is 3. The van der Waals surface area contributed by atoms with Crippen LogP contribution in [0.2, 0.25) is 0 Å². The normalized spacial score (nSPS) is 15.4. The minimum Gasteiger partial charge on any atom is -0.480 e. The Morgan fingerprint density at radius 3 is 2.87 bits per heavy atom. The van der Waals surface area contributed by atoms with Crippen LogP contribution in [0.25, 0.3) is 0 Å². The SMILES string of the molecule is CN(CC(=O)O)C(=O)/C=C/C1=CCCC1. The molecule has 0 unspecified atom stereocenters. The number of amides is 1. The Kier molecular flexibility index (Phi) is 4.09. The lowest BCUT2D eigenvalue weighted by molar-refractivity contribution is -0.141. The summed E-state index contributed by atoms with van der Waals surface area (Å²) >= 11 is 0. The number of carbonyl (C=O) groups excluding carboxylic acids is 1. The van der Waals surface area contributed by atoms with E-state index < -0.39 is 5.97 Å². The molecule has 4 nitrogen and oxygen atoms in total. The highest BCUT2D eigenvalue weighted by atomic mass is 16.4. The van der Waals surface area contributed by atoms with Gasteiger partial charge in [0, 0.05) is 13.1 Å². The minimum atomic E-state index is -1.00. The van der Waals surface area contributed by atoms with Crippen LogP contribution in [0.1, 0.15) is 19.3 Å². The average Bonchev–Trinajstić information content (AvgIpc) is 2.65.